The zero-order valence-electron chi connectivity index (χ0n) is 18.9. The molecule has 1 amide bonds. The fraction of sp³-hybridized carbons (Fsp3) is 0.440. The summed E-state index contributed by atoms with van der Waals surface area (Å²) in [6.07, 6.45) is 1.63. The third-order valence-corrected chi connectivity index (χ3v) is 5.49. The van der Waals surface area contributed by atoms with E-state index >= 15 is 0 Å². The minimum atomic E-state index is -0.508. The predicted molar refractivity (Wildman–Crippen MR) is 121 cm³/mol. The molecule has 4 rings (SSSR count). The molecule has 0 bridgehead atoms. The Hall–Kier alpha value is -3.09. The van der Waals surface area contributed by atoms with Crippen LogP contribution in [0, 0.1) is 11.7 Å². The maximum atomic E-state index is 13.3. The van der Waals surface area contributed by atoms with E-state index in [2.05, 4.69) is 4.98 Å². The van der Waals surface area contributed by atoms with Gasteiger partial charge in [-0.2, -0.15) is 4.98 Å². The summed E-state index contributed by atoms with van der Waals surface area (Å²) in [6, 6.07) is 14.9. The number of carbonyl (C=O) groups excluding carboxylic acids is 1. The highest BCUT2D eigenvalue weighted by Gasteiger charge is 2.28. The molecule has 3 aromatic rings. The number of hydrogen-bond acceptors (Lipinski definition) is 4. The van der Waals surface area contributed by atoms with Crippen LogP contribution in [-0.2, 0) is 11.3 Å². The maximum Gasteiger partial charge on any atom is 0.410 e. The van der Waals surface area contributed by atoms with Gasteiger partial charge in [0.25, 0.3) is 6.01 Å². The third kappa shape index (κ3) is 5.39. The second kappa shape index (κ2) is 9.18. The standard InChI is InChI=1S/C25H30FN3O3/c1-25(2,3)32-24(30)28-14-6-7-19(15-28)17-31-23-27-21-8-4-5-9-22(21)29(23)16-18-10-12-20(26)13-11-18/h4-5,8-13,19H,6-7,14-17H2,1-3H3/t19-/m0/s1. The van der Waals surface area contributed by atoms with Crippen molar-refractivity contribution in [1.82, 2.24) is 14.5 Å². The average Bonchev–Trinajstić information content (AvgIpc) is 3.10. The molecule has 0 spiro atoms. The van der Waals surface area contributed by atoms with E-state index in [0.29, 0.717) is 32.3 Å². The summed E-state index contributed by atoms with van der Waals surface area (Å²) in [5.41, 5.74) is 2.27. The first kappa shape index (κ1) is 22.1. The van der Waals surface area contributed by atoms with Crippen molar-refractivity contribution in [2.24, 2.45) is 5.92 Å². The van der Waals surface area contributed by atoms with Crippen LogP contribution in [0.3, 0.4) is 0 Å². The molecule has 1 atom stereocenters. The lowest BCUT2D eigenvalue weighted by molar-refractivity contribution is 0.0136. The van der Waals surface area contributed by atoms with Crippen LogP contribution < -0.4 is 4.74 Å². The molecule has 1 aliphatic heterocycles. The summed E-state index contributed by atoms with van der Waals surface area (Å²) < 4.78 is 27.0. The summed E-state index contributed by atoms with van der Waals surface area (Å²) in [7, 11) is 0. The summed E-state index contributed by atoms with van der Waals surface area (Å²) in [4.78, 5) is 18.9. The molecule has 1 fully saturated rings. The van der Waals surface area contributed by atoms with Gasteiger partial charge in [-0.15, -0.1) is 0 Å². The molecule has 7 heteroatoms. The van der Waals surface area contributed by atoms with Crippen LogP contribution in [0.25, 0.3) is 11.0 Å². The first-order valence-corrected chi connectivity index (χ1v) is 11.1. The average molecular weight is 440 g/mol. The van der Waals surface area contributed by atoms with Crippen LogP contribution in [0.5, 0.6) is 6.01 Å². The minimum Gasteiger partial charge on any atom is -0.464 e. The topological polar surface area (TPSA) is 56.6 Å². The van der Waals surface area contributed by atoms with Gasteiger partial charge in [-0.1, -0.05) is 24.3 Å². The zero-order valence-corrected chi connectivity index (χ0v) is 18.9. The van der Waals surface area contributed by atoms with Crippen LogP contribution >= 0.6 is 0 Å². The van der Waals surface area contributed by atoms with Gasteiger partial charge >= 0.3 is 6.09 Å². The van der Waals surface area contributed by atoms with E-state index in [1.807, 2.05) is 49.6 Å². The Bertz CT molecular complexity index is 1070. The van der Waals surface area contributed by atoms with Gasteiger partial charge in [-0.25, -0.2) is 9.18 Å². The number of amides is 1. The van der Waals surface area contributed by atoms with Gasteiger partial charge in [0.05, 0.1) is 24.2 Å². The molecule has 32 heavy (non-hydrogen) atoms. The highest BCUT2D eigenvalue weighted by Crippen LogP contribution is 2.25. The van der Waals surface area contributed by atoms with E-state index in [1.54, 1.807) is 17.0 Å². The summed E-state index contributed by atoms with van der Waals surface area (Å²) in [6.45, 7) is 7.93. The number of piperidine rings is 1. The number of likely N-dealkylation sites (tertiary alicyclic amines) is 1. The molecular formula is C25H30FN3O3. The Morgan fingerprint density at radius 1 is 1.16 bits per heavy atom. The van der Waals surface area contributed by atoms with Gasteiger partial charge in [0.2, 0.25) is 0 Å². The van der Waals surface area contributed by atoms with Crippen molar-refractivity contribution in [3.63, 3.8) is 0 Å². The number of hydrogen-bond donors (Lipinski definition) is 0. The number of nitrogens with zero attached hydrogens (tertiary/aromatic N) is 3. The Kier molecular flexibility index (Phi) is 6.35. The van der Waals surface area contributed by atoms with E-state index in [4.69, 9.17) is 9.47 Å². The van der Waals surface area contributed by atoms with Crippen LogP contribution in [-0.4, -0.2) is 45.8 Å². The zero-order chi connectivity index (χ0) is 22.7. The largest absolute Gasteiger partial charge is 0.464 e. The van der Waals surface area contributed by atoms with E-state index in [1.165, 1.54) is 12.1 Å². The number of rotatable bonds is 5. The third-order valence-electron chi connectivity index (χ3n) is 5.49. The minimum absolute atomic E-state index is 0.204. The number of carbonyl (C=O) groups is 1. The lowest BCUT2D eigenvalue weighted by Gasteiger charge is -2.33. The van der Waals surface area contributed by atoms with Crippen LogP contribution in [0.4, 0.5) is 9.18 Å². The number of aromatic nitrogens is 2. The van der Waals surface area contributed by atoms with Gasteiger partial charge in [0.15, 0.2) is 0 Å². The number of fused-ring (bicyclic) bond motifs is 1. The van der Waals surface area contributed by atoms with Crippen LogP contribution in [0.1, 0.15) is 39.2 Å². The van der Waals surface area contributed by atoms with Crippen molar-refractivity contribution in [2.75, 3.05) is 19.7 Å². The number of para-hydroxylation sites is 2. The van der Waals surface area contributed by atoms with Gasteiger partial charge in [-0.05, 0) is 63.4 Å². The second-order valence-electron chi connectivity index (χ2n) is 9.34. The van der Waals surface area contributed by atoms with Crippen LogP contribution in [0.2, 0.25) is 0 Å². The molecule has 6 nitrogen and oxygen atoms in total. The number of benzene rings is 2. The van der Waals surface area contributed by atoms with E-state index in [0.717, 1.165) is 29.4 Å². The van der Waals surface area contributed by atoms with Crippen LogP contribution in [0.15, 0.2) is 48.5 Å². The predicted octanol–water partition coefficient (Wildman–Crippen LogP) is 5.25. The van der Waals surface area contributed by atoms with Gasteiger partial charge in [0.1, 0.15) is 11.4 Å². The molecule has 0 unspecified atom stereocenters. The summed E-state index contributed by atoms with van der Waals surface area (Å²) in [5, 5.41) is 0. The lowest BCUT2D eigenvalue weighted by Crippen LogP contribution is -2.44. The smallest absolute Gasteiger partial charge is 0.410 e. The van der Waals surface area contributed by atoms with Crippen molar-refractivity contribution < 1.29 is 18.7 Å². The van der Waals surface area contributed by atoms with Crippen molar-refractivity contribution in [1.29, 1.82) is 0 Å². The number of imidazole rings is 1. The van der Waals surface area contributed by atoms with Crippen molar-refractivity contribution in [3.8, 4) is 6.01 Å². The molecule has 2 aromatic carbocycles. The lowest BCUT2D eigenvalue weighted by atomic mass is 9.99. The SMILES string of the molecule is CC(C)(C)OC(=O)N1CCC[C@H](COc2nc3ccccc3n2Cc2ccc(F)cc2)C1. The Labute approximate surface area is 187 Å². The molecule has 1 aliphatic rings. The highest BCUT2D eigenvalue weighted by molar-refractivity contribution is 5.76. The number of ether oxygens (including phenoxy) is 2. The normalized spacial score (nSPS) is 16.9. The van der Waals surface area contributed by atoms with E-state index in [9.17, 15) is 9.18 Å². The monoisotopic (exact) mass is 439 g/mol. The molecule has 0 radical (unpaired) electrons. The second-order valence-corrected chi connectivity index (χ2v) is 9.34. The molecule has 1 aromatic heterocycles. The van der Waals surface area contributed by atoms with Crippen molar-refractivity contribution in [2.45, 2.75) is 45.8 Å². The Balaban J connectivity index is 1.47. The van der Waals surface area contributed by atoms with Crippen molar-refractivity contribution in [3.05, 3.63) is 59.9 Å². The first-order valence-electron chi connectivity index (χ1n) is 11.1. The highest BCUT2D eigenvalue weighted by atomic mass is 19.1. The quantitative estimate of drug-likeness (QED) is 0.545. The summed E-state index contributed by atoms with van der Waals surface area (Å²) >= 11 is 0. The summed E-state index contributed by atoms with van der Waals surface area (Å²) in [5.74, 6) is -0.0529. The van der Waals surface area contributed by atoms with Gasteiger partial charge in [0, 0.05) is 19.0 Å². The van der Waals surface area contributed by atoms with Crippen molar-refractivity contribution >= 4 is 17.1 Å². The Morgan fingerprint density at radius 3 is 2.66 bits per heavy atom. The molecular weight excluding hydrogens is 409 g/mol. The fourth-order valence-electron chi connectivity index (χ4n) is 3.97. The van der Waals surface area contributed by atoms with E-state index < -0.39 is 5.60 Å². The van der Waals surface area contributed by atoms with Gasteiger partial charge < -0.3 is 14.4 Å². The molecule has 2 heterocycles. The molecule has 1 saturated heterocycles. The molecule has 0 saturated carbocycles. The number of halogens is 1. The van der Waals surface area contributed by atoms with E-state index in [-0.39, 0.29) is 17.8 Å². The maximum absolute atomic E-state index is 13.3. The fourth-order valence-corrected chi connectivity index (χ4v) is 3.97. The molecule has 0 aliphatic carbocycles. The molecule has 170 valence electrons. The first-order chi connectivity index (χ1) is 15.3. The Morgan fingerprint density at radius 2 is 1.91 bits per heavy atom. The molecule has 0 N–H and O–H groups in total. The van der Waals surface area contributed by atoms with Gasteiger partial charge in [-0.3, -0.25) is 4.57 Å².